The van der Waals surface area contributed by atoms with Gasteiger partial charge in [-0.15, -0.1) is 0 Å². The maximum absolute atomic E-state index is 5.88. The molecule has 2 nitrogen and oxygen atoms in total. The Labute approximate surface area is 90.6 Å². The minimum atomic E-state index is 0.340. The summed E-state index contributed by atoms with van der Waals surface area (Å²) in [6.07, 6.45) is 2.72. The minimum absolute atomic E-state index is 0.340. The number of hydrogen-bond acceptors (Lipinski definition) is 2. The zero-order chi connectivity index (χ0) is 10.3. The second-order valence-corrected chi connectivity index (χ2v) is 4.49. The summed E-state index contributed by atoms with van der Waals surface area (Å²) < 4.78 is 5.88. The Morgan fingerprint density at radius 2 is 2.27 bits per heavy atom. The molecule has 1 fully saturated rings. The van der Waals surface area contributed by atoms with E-state index in [9.17, 15) is 0 Å². The van der Waals surface area contributed by atoms with Crippen LogP contribution < -0.4 is 5.32 Å². The summed E-state index contributed by atoms with van der Waals surface area (Å²) in [5.74, 6) is 0.671. The molecule has 3 atom stereocenters. The molecule has 1 aromatic carbocycles. The van der Waals surface area contributed by atoms with Crippen LogP contribution in [0.25, 0.3) is 0 Å². The van der Waals surface area contributed by atoms with Crippen LogP contribution in [-0.4, -0.2) is 12.6 Å². The molecule has 0 aromatic heterocycles. The highest BCUT2D eigenvalue weighted by Gasteiger charge is 2.39. The Hall–Kier alpha value is -1.02. The SMILES string of the molecule is CC[C@@H]1Nc2ccccc2[C@H]2OCC[C@@H]12. The molecule has 0 aliphatic carbocycles. The van der Waals surface area contributed by atoms with Crippen molar-refractivity contribution in [1.82, 2.24) is 0 Å². The van der Waals surface area contributed by atoms with Gasteiger partial charge in [0, 0.05) is 29.8 Å². The number of fused-ring (bicyclic) bond motifs is 3. The van der Waals surface area contributed by atoms with Gasteiger partial charge < -0.3 is 10.1 Å². The first-order chi connectivity index (χ1) is 7.40. The number of benzene rings is 1. The van der Waals surface area contributed by atoms with Gasteiger partial charge in [-0.3, -0.25) is 0 Å². The Morgan fingerprint density at radius 3 is 3.13 bits per heavy atom. The summed E-state index contributed by atoms with van der Waals surface area (Å²) in [5, 5.41) is 3.64. The first-order valence-electron chi connectivity index (χ1n) is 5.87. The lowest BCUT2D eigenvalue weighted by molar-refractivity contribution is 0.0826. The Bertz CT molecular complexity index is 363. The number of nitrogens with one attached hydrogen (secondary N) is 1. The van der Waals surface area contributed by atoms with Crippen molar-refractivity contribution in [3.8, 4) is 0 Å². The van der Waals surface area contributed by atoms with Gasteiger partial charge in [-0.2, -0.15) is 0 Å². The third kappa shape index (κ3) is 1.36. The van der Waals surface area contributed by atoms with Gasteiger partial charge in [-0.05, 0) is 18.9 Å². The largest absolute Gasteiger partial charge is 0.382 e. The predicted molar refractivity (Wildman–Crippen MR) is 60.9 cm³/mol. The predicted octanol–water partition coefficient (Wildman–Crippen LogP) is 2.97. The van der Waals surface area contributed by atoms with Crippen LogP contribution in [0.4, 0.5) is 5.69 Å². The molecule has 1 saturated heterocycles. The average molecular weight is 203 g/mol. The van der Waals surface area contributed by atoms with Gasteiger partial charge in [0.05, 0.1) is 6.10 Å². The Kier molecular flexibility index (Phi) is 2.17. The van der Waals surface area contributed by atoms with Gasteiger partial charge in [0.2, 0.25) is 0 Å². The molecule has 80 valence electrons. The van der Waals surface area contributed by atoms with E-state index < -0.39 is 0 Å². The summed E-state index contributed by atoms with van der Waals surface area (Å²) >= 11 is 0. The standard InChI is InChI=1S/C13H17NO/c1-2-11-10-7-8-15-13(10)9-5-3-4-6-12(9)14-11/h3-6,10-11,13-14H,2,7-8H2,1H3/t10-,11-,13+/m0/s1. The van der Waals surface area contributed by atoms with Crippen LogP contribution in [0.1, 0.15) is 31.4 Å². The topological polar surface area (TPSA) is 21.3 Å². The molecule has 2 aliphatic rings. The molecule has 1 N–H and O–H groups in total. The van der Waals surface area contributed by atoms with E-state index in [4.69, 9.17) is 4.74 Å². The van der Waals surface area contributed by atoms with E-state index >= 15 is 0 Å². The molecule has 0 amide bonds. The third-order valence-electron chi connectivity index (χ3n) is 3.70. The van der Waals surface area contributed by atoms with Crippen molar-refractivity contribution in [3.05, 3.63) is 29.8 Å². The molecule has 15 heavy (non-hydrogen) atoms. The zero-order valence-electron chi connectivity index (χ0n) is 9.07. The van der Waals surface area contributed by atoms with Crippen molar-refractivity contribution in [2.45, 2.75) is 31.9 Å². The van der Waals surface area contributed by atoms with Crippen LogP contribution >= 0.6 is 0 Å². The summed E-state index contributed by atoms with van der Waals surface area (Å²) in [6, 6.07) is 9.14. The van der Waals surface area contributed by atoms with Crippen LogP contribution in [0, 0.1) is 5.92 Å². The molecule has 2 heteroatoms. The van der Waals surface area contributed by atoms with E-state index in [-0.39, 0.29) is 0 Å². The van der Waals surface area contributed by atoms with Gasteiger partial charge in [0.15, 0.2) is 0 Å². The van der Waals surface area contributed by atoms with Crippen molar-refractivity contribution in [1.29, 1.82) is 0 Å². The molecule has 0 bridgehead atoms. The number of ether oxygens (including phenoxy) is 1. The second kappa shape index (κ2) is 3.53. The maximum atomic E-state index is 5.88. The number of para-hydroxylation sites is 1. The lowest BCUT2D eigenvalue weighted by Crippen LogP contribution is -2.35. The average Bonchev–Trinajstić information content (AvgIpc) is 2.77. The van der Waals surface area contributed by atoms with Crippen LogP contribution in [0.5, 0.6) is 0 Å². The van der Waals surface area contributed by atoms with Crippen molar-refractivity contribution >= 4 is 5.69 Å². The normalized spacial score (nSPS) is 33.0. The molecule has 2 aliphatic heterocycles. The summed E-state index contributed by atoms with van der Waals surface area (Å²) in [6.45, 7) is 3.17. The van der Waals surface area contributed by atoms with E-state index in [1.54, 1.807) is 0 Å². The first-order valence-corrected chi connectivity index (χ1v) is 5.87. The fraction of sp³-hybridized carbons (Fsp3) is 0.538. The van der Waals surface area contributed by atoms with Crippen molar-refractivity contribution < 1.29 is 4.74 Å². The van der Waals surface area contributed by atoms with E-state index in [1.165, 1.54) is 24.1 Å². The third-order valence-corrected chi connectivity index (χ3v) is 3.70. The number of anilines is 1. The van der Waals surface area contributed by atoms with Gasteiger partial charge in [0.25, 0.3) is 0 Å². The van der Waals surface area contributed by atoms with Crippen molar-refractivity contribution in [2.24, 2.45) is 5.92 Å². The highest BCUT2D eigenvalue weighted by atomic mass is 16.5. The number of hydrogen-bond donors (Lipinski definition) is 1. The smallest absolute Gasteiger partial charge is 0.0893 e. The fourth-order valence-electron chi connectivity index (χ4n) is 2.93. The molecule has 0 radical (unpaired) electrons. The van der Waals surface area contributed by atoms with E-state index in [1.807, 2.05) is 0 Å². The first kappa shape index (κ1) is 9.22. The maximum Gasteiger partial charge on any atom is 0.0893 e. The van der Waals surface area contributed by atoms with Crippen LogP contribution in [0.2, 0.25) is 0 Å². The highest BCUT2D eigenvalue weighted by molar-refractivity contribution is 5.55. The molecule has 0 saturated carbocycles. The molecule has 0 spiro atoms. The van der Waals surface area contributed by atoms with E-state index in [0.717, 1.165) is 6.61 Å². The molecular weight excluding hydrogens is 186 g/mol. The fourth-order valence-corrected chi connectivity index (χ4v) is 2.93. The van der Waals surface area contributed by atoms with E-state index in [0.29, 0.717) is 18.1 Å². The quantitative estimate of drug-likeness (QED) is 0.757. The van der Waals surface area contributed by atoms with Gasteiger partial charge in [0.1, 0.15) is 0 Å². The summed E-state index contributed by atoms with van der Waals surface area (Å²) in [5.41, 5.74) is 2.62. The summed E-state index contributed by atoms with van der Waals surface area (Å²) in [4.78, 5) is 0. The van der Waals surface area contributed by atoms with Gasteiger partial charge >= 0.3 is 0 Å². The molecular formula is C13H17NO. The van der Waals surface area contributed by atoms with Gasteiger partial charge in [-0.1, -0.05) is 25.1 Å². The monoisotopic (exact) mass is 203 g/mol. The van der Waals surface area contributed by atoms with Crippen molar-refractivity contribution in [3.63, 3.8) is 0 Å². The van der Waals surface area contributed by atoms with Gasteiger partial charge in [-0.25, -0.2) is 0 Å². The molecule has 3 rings (SSSR count). The summed E-state index contributed by atoms with van der Waals surface area (Å²) in [7, 11) is 0. The molecule has 0 unspecified atom stereocenters. The second-order valence-electron chi connectivity index (χ2n) is 4.49. The number of rotatable bonds is 1. The molecule has 1 aromatic rings. The Morgan fingerprint density at radius 1 is 1.40 bits per heavy atom. The lowest BCUT2D eigenvalue weighted by atomic mass is 9.83. The van der Waals surface area contributed by atoms with Crippen LogP contribution in [-0.2, 0) is 4.74 Å². The minimum Gasteiger partial charge on any atom is -0.382 e. The van der Waals surface area contributed by atoms with E-state index in [2.05, 4.69) is 36.5 Å². The lowest BCUT2D eigenvalue weighted by Gasteiger charge is -2.35. The van der Waals surface area contributed by atoms with Crippen LogP contribution in [0.15, 0.2) is 24.3 Å². The zero-order valence-corrected chi connectivity index (χ0v) is 9.07. The highest BCUT2D eigenvalue weighted by Crippen LogP contribution is 2.44. The molecule has 2 heterocycles. The Balaban J connectivity index is 2.03. The van der Waals surface area contributed by atoms with Crippen LogP contribution in [0.3, 0.4) is 0 Å². The van der Waals surface area contributed by atoms with Crippen molar-refractivity contribution in [2.75, 3.05) is 11.9 Å².